The number of hydrogen-bond acceptors (Lipinski definition) is 3. The van der Waals surface area contributed by atoms with Crippen LogP contribution in [0.25, 0.3) is 0 Å². The van der Waals surface area contributed by atoms with Crippen molar-refractivity contribution < 1.29 is 0 Å². The maximum Gasteiger partial charge on any atom is 0.123 e. The van der Waals surface area contributed by atoms with Crippen molar-refractivity contribution in [3.05, 3.63) is 59.4 Å². The van der Waals surface area contributed by atoms with Crippen molar-refractivity contribution in [2.45, 2.75) is 25.9 Å². The molecule has 0 fully saturated rings. The number of hydrogen-bond donors (Lipinski definition) is 1. The first-order valence-corrected chi connectivity index (χ1v) is 7.16. The summed E-state index contributed by atoms with van der Waals surface area (Å²) in [6, 6.07) is 13.0. The van der Waals surface area contributed by atoms with Crippen LogP contribution in [0.3, 0.4) is 0 Å². The summed E-state index contributed by atoms with van der Waals surface area (Å²) in [7, 11) is 0. The third-order valence-corrected chi connectivity index (χ3v) is 4.01. The maximum atomic E-state index is 5.77. The molecule has 0 bridgehead atoms. The van der Waals surface area contributed by atoms with E-state index in [0.717, 1.165) is 24.2 Å². The SMILES string of the molecule is CC1Cc2ccccc2N1Cc1cccnc1C(N)=S. The minimum atomic E-state index is 0.362. The minimum Gasteiger partial charge on any atom is -0.388 e. The van der Waals surface area contributed by atoms with Crippen LogP contribution in [-0.2, 0) is 13.0 Å². The van der Waals surface area contributed by atoms with Gasteiger partial charge in [-0.15, -0.1) is 0 Å². The molecule has 0 radical (unpaired) electrons. The van der Waals surface area contributed by atoms with Gasteiger partial charge < -0.3 is 10.6 Å². The van der Waals surface area contributed by atoms with Crippen LogP contribution in [0.2, 0.25) is 0 Å². The molecule has 0 aliphatic carbocycles. The van der Waals surface area contributed by atoms with Crippen molar-refractivity contribution in [1.29, 1.82) is 0 Å². The van der Waals surface area contributed by atoms with Crippen molar-refractivity contribution in [3.63, 3.8) is 0 Å². The Hall–Kier alpha value is -1.94. The number of fused-ring (bicyclic) bond motifs is 1. The highest BCUT2D eigenvalue weighted by molar-refractivity contribution is 7.80. The molecule has 0 spiro atoms. The van der Waals surface area contributed by atoms with Crippen LogP contribution < -0.4 is 10.6 Å². The summed E-state index contributed by atoms with van der Waals surface area (Å²) in [4.78, 5) is 7.07. The Kier molecular flexibility index (Phi) is 3.40. The standard InChI is InChI=1S/C16H17N3S/c1-11-9-12-5-2-3-7-14(12)19(11)10-13-6-4-8-18-15(13)16(17)20/h2-8,11H,9-10H2,1H3,(H2,17,20). The molecule has 3 nitrogen and oxygen atoms in total. The number of nitrogens with two attached hydrogens (primary N) is 1. The van der Waals surface area contributed by atoms with Gasteiger partial charge in [0.1, 0.15) is 10.7 Å². The molecule has 0 saturated heterocycles. The van der Waals surface area contributed by atoms with Gasteiger partial charge in [0.25, 0.3) is 0 Å². The number of pyridine rings is 1. The lowest BCUT2D eigenvalue weighted by Crippen LogP contribution is -2.30. The van der Waals surface area contributed by atoms with E-state index in [1.807, 2.05) is 6.07 Å². The predicted octanol–water partition coefficient (Wildman–Crippen LogP) is 2.67. The zero-order valence-electron chi connectivity index (χ0n) is 11.4. The van der Waals surface area contributed by atoms with Gasteiger partial charge in [0.15, 0.2) is 0 Å². The highest BCUT2D eigenvalue weighted by Crippen LogP contribution is 2.33. The highest BCUT2D eigenvalue weighted by Gasteiger charge is 2.26. The first kappa shape index (κ1) is 13.1. The number of thiocarbonyl (C=S) groups is 1. The second kappa shape index (κ2) is 5.21. The molecule has 2 aromatic rings. The fourth-order valence-corrected chi connectivity index (χ4v) is 3.03. The van der Waals surface area contributed by atoms with E-state index in [2.05, 4.69) is 47.1 Å². The fourth-order valence-electron chi connectivity index (χ4n) is 2.84. The molecule has 102 valence electrons. The van der Waals surface area contributed by atoms with Gasteiger partial charge in [-0.2, -0.15) is 0 Å². The predicted molar refractivity (Wildman–Crippen MR) is 85.9 cm³/mol. The van der Waals surface area contributed by atoms with E-state index < -0.39 is 0 Å². The number of rotatable bonds is 3. The average molecular weight is 283 g/mol. The van der Waals surface area contributed by atoms with Crippen LogP contribution >= 0.6 is 12.2 Å². The zero-order chi connectivity index (χ0) is 14.1. The number of benzene rings is 1. The summed E-state index contributed by atoms with van der Waals surface area (Å²) in [5.74, 6) is 0. The van der Waals surface area contributed by atoms with Crippen LogP contribution in [0.15, 0.2) is 42.6 Å². The molecule has 1 aromatic carbocycles. The van der Waals surface area contributed by atoms with Gasteiger partial charge in [0.05, 0.1) is 0 Å². The molecule has 1 aliphatic heterocycles. The lowest BCUT2D eigenvalue weighted by Gasteiger charge is -2.25. The molecule has 1 atom stereocenters. The van der Waals surface area contributed by atoms with Crippen LogP contribution in [0, 0.1) is 0 Å². The Bertz CT molecular complexity index is 654. The van der Waals surface area contributed by atoms with Gasteiger partial charge >= 0.3 is 0 Å². The summed E-state index contributed by atoms with van der Waals surface area (Å²) in [6.07, 6.45) is 2.82. The maximum absolute atomic E-state index is 5.77. The van der Waals surface area contributed by atoms with Crippen molar-refractivity contribution >= 4 is 22.9 Å². The van der Waals surface area contributed by atoms with Gasteiger partial charge in [-0.05, 0) is 31.0 Å². The van der Waals surface area contributed by atoms with Gasteiger partial charge in [-0.25, -0.2) is 0 Å². The Morgan fingerprint density at radius 3 is 2.95 bits per heavy atom. The molecule has 0 saturated carbocycles. The molecule has 3 rings (SSSR count). The average Bonchev–Trinajstić information content (AvgIpc) is 2.76. The van der Waals surface area contributed by atoms with Gasteiger partial charge in [-0.3, -0.25) is 4.98 Å². The second-order valence-corrected chi connectivity index (χ2v) is 5.62. The molecule has 2 N–H and O–H groups in total. The Morgan fingerprint density at radius 2 is 2.15 bits per heavy atom. The lowest BCUT2D eigenvalue weighted by molar-refractivity contribution is 0.671. The highest BCUT2D eigenvalue weighted by atomic mass is 32.1. The summed E-state index contributed by atoms with van der Waals surface area (Å²) < 4.78 is 0. The number of aromatic nitrogens is 1. The topological polar surface area (TPSA) is 42.2 Å². The second-order valence-electron chi connectivity index (χ2n) is 5.19. The number of para-hydroxylation sites is 1. The van der Waals surface area contributed by atoms with E-state index in [0.29, 0.717) is 11.0 Å². The molecular weight excluding hydrogens is 266 g/mol. The number of anilines is 1. The molecule has 2 heterocycles. The first-order chi connectivity index (χ1) is 9.66. The quantitative estimate of drug-likeness (QED) is 0.879. The smallest absolute Gasteiger partial charge is 0.123 e. The van der Waals surface area contributed by atoms with E-state index in [1.165, 1.54) is 11.3 Å². The minimum absolute atomic E-state index is 0.362. The van der Waals surface area contributed by atoms with Gasteiger partial charge in [0.2, 0.25) is 0 Å². The first-order valence-electron chi connectivity index (χ1n) is 6.75. The molecular formula is C16H17N3S. The molecule has 1 unspecified atom stereocenters. The Labute approximate surface area is 124 Å². The fraction of sp³-hybridized carbons (Fsp3) is 0.250. The van der Waals surface area contributed by atoms with E-state index in [-0.39, 0.29) is 0 Å². The number of nitrogens with zero attached hydrogens (tertiary/aromatic N) is 2. The summed E-state index contributed by atoms with van der Waals surface area (Å²) in [5, 5.41) is 0. The third kappa shape index (κ3) is 2.27. The molecule has 1 aromatic heterocycles. The third-order valence-electron chi connectivity index (χ3n) is 3.81. The van der Waals surface area contributed by atoms with Crippen LogP contribution in [-0.4, -0.2) is 16.0 Å². The van der Waals surface area contributed by atoms with E-state index in [9.17, 15) is 0 Å². The van der Waals surface area contributed by atoms with Crippen LogP contribution in [0.1, 0.15) is 23.7 Å². The monoisotopic (exact) mass is 283 g/mol. The molecule has 1 aliphatic rings. The van der Waals surface area contributed by atoms with Crippen molar-refractivity contribution in [2.75, 3.05) is 4.90 Å². The Balaban J connectivity index is 1.94. The normalized spacial score (nSPS) is 17.1. The molecule has 4 heteroatoms. The molecule has 0 amide bonds. The van der Waals surface area contributed by atoms with Crippen LogP contribution in [0.4, 0.5) is 5.69 Å². The molecule has 20 heavy (non-hydrogen) atoms. The van der Waals surface area contributed by atoms with Crippen molar-refractivity contribution in [2.24, 2.45) is 5.73 Å². The van der Waals surface area contributed by atoms with Crippen LogP contribution in [0.5, 0.6) is 0 Å². The lowest BCUT2D eigenvalue weighted by atomic mass is 10.1. The van der Waals surface area contributed by atoms with E-state index in [4.69, 9.17) is 18.0 Å². The zero-order valence-corrected chi connectivity index (χ0v) is 12.2. The van der Waals surface area contributed by atoms with Crippen molar-refractivity contribution in [1.82, 2.24) is 4.98 Å². The van der Waals surface area contributed by atoms with E-state index >= 15 is 0 Å². The Morgan fingerprint density at radius 1 is 1.35 bits per heavy atom. The van der Waals surface area contributed by atoms with Gasteiger partial charge in [-0.1, -0.05) is 36.5 Å². The van der Waals surface area contributed by atoms with Crippen molar-refractivity contribution in [3.8, 4) is 0 Å². The summed E-state index contributed by atoms with van der Waals surface area (Å²) in [6.45, 7) is 3.04. The van der Waals surface area contributed by atoms with E-state index in [1.54, 1.807) is 6.20 Å². The summed E-state index contributed by atoms with van der Waals surface area (Å²) in [5.41, 5.74) is 10.3. The largest absolute Gasteiger partial charge is 0.388 e. The van der Waals surface area contributed by atoms with Gasteiger partial charge in [0, 0.05) is 30.0 Å². The summed E-state index contributed by atoms with van der Waals surface area (Å²) >= 11 is 5.09.